The molecule has 21 heavy (non-hydrogen) atoms. The van der Waals surface area contributed by atoms with Gasteiger partial charge in [0.2, 0.25) is 0 Å². The van der Waals surface area contributed by atoms with Crippen LogP contribution in [0, 0.1) is 6.92 Å². The molecule has 0 bridgehead atoms. The third-order valence-electron chi connectivity index (χ3n) is 2.95. The summed E-state index contributed by atoms with van der Waals surface area (Å²) in [4.78, 5) is 16.9. The number of aromatic carboxylic acids is 1. The molecule has 0 aromatic carbocycles. The van der Waals surface area contributed by atoms with Crippen LogP contribution in [0.4, 0.5) is 0 Å². The maximum Gasteiger partial charge on any atom is 0.349 e. The lowest BCUT2D eigenvalue weighted by atomic mass is 9.95. The molecule has 4 nitrogen and oxygen atoms in total. The summed E-state index contributed by atoms with van der Waals surface area (Å²) < 4.78 is 5.68. The maximum atomic E-state index is 11.3. The average Bonchev–Trinajstić information content (AvgIpc) is 2.80. The van der Waals surface area contributed by atoms with Crippen LogP contribution in [0.15, 0.2) is 24.3 Å². The van der Waals surface area contributed by atoms with Crippen molar-refractivity contribution in [2.45, 2.75) is 39.7 Å². The molecule has 112 valence electrons. The van der Waals surface area contributed by atoms with E-state index >= 15 is 0 Å². The minimum absolute atomic E-state index is 0.0991. The standard InChI is InChI=1S/C16H19NO3S/c1-10-6-5-7-11(17-10)9-20-12-8-13(16(2,3)4)21-14(12)15(18)19/h5-8H,9H2,1-4H3,(H,18,19). The number of carboxylic acid groups (broad SMARTS) is 1. The van der Waals surface area contributed by atoms with E-state index in [9.17, 15) is 9.90 Å². The van der Waals surface area contributed by atoms with Crippen molar-refractivity contribution in [1.29, 1.82) is 0 Å². The highest BCUT2D eigenvalue weighted by atomic mass is 32.1. The first-order valence-corrected chi connectivity index (χ1v) is 7.52. The van der Waals surface area contributed by atoms with Crippen molar-refractivity contribution < 1.29 is 14.6 Å². The Labute approximate surface area is 128 Å². The summed E-state index contributed by atoms with van der Waals surface area (Å²) >= 11 is 1.27. The van der Waals surface area contributed by atoms with Crippen molar-refractivity contribution in [3.8, 4) is 5.75 Å². The Balaban J connectivity index is 2.23. The number of hydrogen-bond acceptors (Lipinski definition) is 4. The summed E-state index contributed by atoms with van der Waals surface area (Å²) in [6, 6.07) is 7.51. The zero-order valence-electron chi connectivity index (χ0n) is 12.6. The van der Waals surface area contributed by atoms with Gasteiger partial charge in [0.25, 0.3) is 0 Å². The molecule has 0 atom stereocenters. The smallest absolute Gasteiger partial charge is 0.349 e. The fraction of sp³-hybridized carbons (Fsp3) is 0.375. The predicted molar refractivity (Wildman–Crippen MR) is 83.3 cm³/mol. The minimum atomic E-state index is -0.956. The van der Waals surface area contributed by atoms with Crippen LogP contribution in [0.5, 0.6) is 5.75 Å². The molecule has 5 heteroatoms. The van der Waals surface area contributed by atoms with E-state index in [1.165, 1.54) is 11.3 Å². The minimum Gasteiger partial charge on any atom is -0.485 e. The van der Waals surface area contributed by atoms with Gasteiger partial charge in [-0.1, -0.05) is 26.8 Å². The second-order valence-corrected chi connectivity index (χ2v) is 6.97. The number of hydrogen-bond donors (Lipinski definition) is 1. The number of carbonyl (C=O) groups is 1. The lowest BCUT2D eigenvalue weighted by Gasteiger charge is -2.14. The molecule has 0 saturated heterocycles. The molecule has 0 saturated carbocycles. The molecule has 0 spiro atoms. The zero-order chi connectivity index (χ0) is 15.6. The highest BCUT2D eigenvalue weighted by molar-refractivity contribution is 7.14. The van der Waals surface area contributed by atoms with Crippen molar-refractivity contribution in [2.24, 2.45) is 0 Å². The van der Waals surface area contributed by atoms with Crippen LogP contribution in [-0.4, -0.2) is 16.1 Å². The van der Waals surface area contributed by atoms with Gasteiger partial charge < -0.3 is 9.84 Å². The molecule has 1 N–H and O–H groups in total. The molecule has 0 aliphatic rings. The van der Waals surface area contributed by atoms with E-state index in [-0.39, 0.29) is 16.9 Å². The van der Waals surface area contributed by atoms with Crippen LogP contribution < -0.4 is 4.74 Å². The van der Waals surface area contributed by atoms with Crippen LogP contribution in [0.2, 0.25) is 0 Å². The average molecular weight is 305 g/mol. The molecule has 2 heterocycles. The lowest BCUT2D eigenvalue weighted by Crippen LogP contribution is -2.08. The van der Waals surface area contributed by atoms with Crippen molar-refractivity contribution >= 4 is 17.3 Å². The van der Waals surface area contributed by atoms with Crippen molar-refractivity contribution in [3.05, 3.63) is 45.4 Å². The number of aromatic nitrogens is 1. The Morgan fingerprint density at radius 1 is 1.38 bits per heavy atom. The Hall–Kier alpha value is -1.88. The summed E-state index contributed by atoms with van der Waals surface area (Å²) in [5, 5.41) is 9.30. The van der Waals surface area contributed by atoms with Gasteiger partial charge in [0.1, 0.15) is 12.4 Å². The number of carboxylic acids is 1. The number of thiophene rings is 1. The highest BCUT2D eigenvalue weighted by Gasteiger charge is 2.23. The summed E-state index contributed by atoms with van der Waals surface area (Å²) in [6.07, 6.45) is 0. The van der Waals surface area contributed by atoms with Crippen LogP contribution in [0.25, 0.3) is 0 Å². The van der Waals surface area contributed by atoms with E-state index in [0.29, 0.717) is 5.75 Å². The number of ether oxygens (including phenoxy) is 1. The van der Waals surface area contributed by atoms with E-state index < -0.39 is 5.97 Å². The van der Waals surface area contributed by atoms with Crippen LogP contribution in [0.1, 0.15) is 46.7 Å². The van der Waals surface area contributed by atoms with Gasteiger partial charge in [-0.3, -0.25) is 4.98 Å². The zero-order valence-corrected chi connectivity index (χ0v) is 13.5. The van der Waals surface area contributed by atoms with Crippen molar-refractivity contribution in [2.75, 3.05) is 0 Å². The molecule has 0 unspecified atom stereocenters. The predicted octanol–water partition coefficient (Wildman–Crippen LogP) is 4.03. The molecule has 0 radical (unpaired) electrons. The van der Waals surface area contributed by atoms with Gasteiger partial charge >= 0.3 is 5.97 Å². The summed E-state index contributed by atoms with van der Waals surface area (Å²) in [6.45, 7) is 8.33. The lowest BCUT2D eigenvalue weighted by molar-refractivity contribution is 0.0697. The fourth-order valence-corrected chi connectivity index (χ4v) is 2.83. The van der Waals surface area contributed by atoms with Crippen molar-refractivity contribution in [1.82, 2.24) is 4.98 Å². The SMILES string of the molecule is Cc1cccc(COc2cc(C(C)(C)C)sc2C(=O)O)n1. The molecular formula is C16H19NO3S. The number of aryl methyl sites for hydroxylation is 1. The van der Waals surface area contributed by atoms with E-state index in [2.05, 4.69) is 25.8 Å². The molecule has 2 aromatic rings. The fourth-order valence-electron chi connectivity index (χ4n) is 1.83. The first-order chi connectivity index (χ1) is 9.77. The van der Waals surface area contributed by atoms with E-state index in [1.54, 1.807) is 0 Å². The van der Waals surface area contributed by atoms with Gasteiger partial charge in [0.05, 0.1) is 5.69 Å². The highest BCUT2D eigenvalue weighted by Crippen LogP contribution is 2.37. The Bertz CT molecular complexity index is 656. The molecule has 0 aliphatic carbocycles. The Morgan fingerprint density at radius 3 is 2.67 bits per heavy atom. The molecule has 0 amide bonds. The molecule has 0 fully saturated rings. The van der Waals surface area contributed by atoms with E-state index in [1.807, 2.05) is 31.2 Å². The summed E-state index contributed by atoms with van der Waals surface area (Å²) in [7, 11) is 0. The van der Waals surface area contributed by atoms with Gasteiger partial charge in [-0.15, -0.1) is 11.3 Å². The number of nitrogens with zero attached hydrogens (tertiary/aromatic N) is 1. The normalized spacial score (nSPS) is 11.4. The topological polar surface area (TPSA) is 59.4 Å². The van der Waals surface area contributed by atoms with Crippen LogP contribution >= 0.6 is 11.3 Å². The summed E-state index contributed by atoms with van der Waals surface area (Å²) in [5.74, 6) is -0.538. The second kappa shape index (κ2) is 5.85. The van der Waals surface area contributed by atoms with Crippen LogP contribution in [0.3, 0.4) is 0 Å². The van der Waals surface area contributed by atoms with Crippen molar-refractivity contribution in [3.63, 3.8) is 0 Å². The van der Waals surface area contributed by atoms with Gasteiger partial charge in [-0.2, -0.15) is 0 Å². The number of rotatable bonds is 4. The maximum absolute atomic E-state index is 11.3. The Morgan fingerprint density at radius 2 is 2.10 bits per heavy atom. The largest absolute Gasteiger partial charge is 0.485 e. The number of pyridine rings is 1. The van der Waals surface area contributed by atoms with Gasteiger partial charge in [-0.25, -0.2) is 4.79 Å². The Kier molecular flexibility index (Phi) is 4.32. The molecule has 2 aromatic heterocycles. The van der Waals surface area contributed by atoms with Gasteiger partial charge in [0.15, 0.2) is 4.88 Å². The third kappa shape index (κ3) is 3.82. The van der Waals surface area contributed by atoms with Gasteiger partial charge in [0, 0.05) is 10.6 Å². The van der Waals surface area contributed by atoms with E-state index in [0.717, 1.165) is 16.3 Å². The first kappa shape index (κ1) is 15.5. The first-order valence-electron chi connectivity index (χ1n) is 6.70. The molecule has 2 rings (SSSR count). The summed E-state index contributed by atoms with van der Waals surface area (Å²) in [5.41, 5.74) is 1.60. The third-order valence-corrected chi connectivity index (χ3v) is 4.48. The molecular weight excluding hydrogens is 286 g/mol. The van der Waals surface area contributed by atoms with E-state index in [4.69, 9.17) is 4.74 Å². The molecule has 0 aliphatic heterocycles. The van der Waals surface area contributed by atoms with Gasteiger partial charge in [-0.05, 0) is 30.5 Å². The quantitative estimate of drug-likeness (QED) is 0.926. The monoisotopic (exact) mass is 305 g/mol. The second-order valence-electron chi connectivity index (χ2n) is 5.92. The van der Waals surface area contributed by atoms with Crippen LogP contribution in [-0.2, 0) is 12.0 Å².